The van der Waals surface area contributed by atoms with Crippen molar-refractivity contribution in [3.63, 3.8) is 0 Å². The van der Waals surface area contributed by atoms with E-state index in [-0.39, 0.29) is 0 Å². The van der Waals surface area contributed by atoms with Gasteiger partial charge in [-0.2, -0.15) is 0 Å². The van der Waals surface area contributed by atoms with Crippen molar-refractivity contribution in [1.82, 2.24) is 5.32 Å². The van der Waals surface area contributed by atoms with Gasteiger partial charge < -0.3 is 25.4 Å². The molecule has 7 nitrogen and oxygen atoms in total. The number of aliphatic hydroxyl groups excluding tert-OH is 3. The molecule has 0 fully saturated rings. The number of nitrogens with one attached hydrogen (secondary N) is 1. The van der Waals surface area contributed by atoms with Gasteiger partial charge in [0.05, 0.1) is 18.8 Å². The molecule has 0 aliphatic rings. The number of hydrogen-bond donors (Lipinski definition) is 4. The predicted octanol–water partition coefficient (Wildman–Crippen LogP) is 3.23. The molecule has 0 rings (SSSR count). The molecule has 0 saturated carbocycles. The van der Waals surface area contributed by atoms with E-state index < -0.39 is 42.8 Å². The van der Waals surface area contributed by atoms with Gasteiger partial charge in [-0.05, 0) is 13.3 Å². The maximum atomic E-state index is 12.0. The van der Waals surface area contributed by atoms with Crippen LogP contribution in [0, 0.1) is 0 Å². The molecule has 0 aliphatic heterocycles. The highest BCUT2D eigenvalue weighted by atomic mass is 16.5. The second kappa shape index (κ2) is 18.6. The standard InChI is InChI=1S/C23H45NO6/c1-4-5-6-7-8-9-10-11-12-13-14-15-16-21(27)22(28)20(17-25)24-23(29)18(2)30-19(3)26/h18,20-22,25,27-28H,4-17H2,1-3H3,(H,24,29)/t18-,20-,21+,22-/m0/s1. The second-order valence-electron chi connectivity index (χ2n) is 8.29. The fraction of sp³-hybridized carbons (Fsp3) is 0.913. The number of carbonyl (C=O) groups is 2. The van der Waals surface area contributed by atoms with Crippen LogP contribution in [0.25, 0.3) is 0 Å². The highest BCUT2D eigenvalue weighted by molar-refractivity contribution is 5.83. The molecule has 0 heterocycles. The van der Waals surface area contributed by atoms with E-state index in [0.29, 0.717) is 6.42 Å². The van der Waals surface area contributed by atoms with E-state index in [1.165, 1.54) is 71.6 Å². The average molecular weight is 432 g/mol. The summed E-state index contributed by atoms with van der Waals surface area (Å²) in [7, 11) is 0. The van der Waals surface area contributed by atoms with Crippen LogP contribution in [-0.2, 0) is 14.3 Å². The Balaban J connectivity index is 3.88. The Labute approximate surface area is 182 Å². The van der Waals surface area contributed by atoms with Crippen LogP contribution in [0.3, 0.4) is 0 Å². The SMILES string of the molecule is CCCCCCCCCCCCCC[C@@H](O)[C@@H](O)[C@H](CO)NC(=O)[C@H](C)OC(C)=O. The molecule has 30 heavy (non-hydrogen) atoms. The zero-order chi connectivity index (χ0) is 22.8. The number of carbonyl (C=O) groups excluding carboxylic acids is 2. The van der Waals surface area contributed by atoms with Gasteiger partial charge >= 0.3 is 5.97 Å². The third-order valence-corrected chi connectivity index (χ3v) is 5.40. The highest BCUT2D eigenvalue weighted by Crippen LogP contribution is 2.14. The molecular weight excluding hydrogens is 386 g/mol. The second-order valence-corrected chi connectivity index (χ2v) is 8.29. The number of aliphatic hydroxyl groups is 3. The van der Waals surface area contributed by atoms with Crippen LogP contribution in [0.15, 0.2) is 0 Å². The molecule has 4 N–H and O–H groups in total. The Morgan fingerprint density at radius 2 is 1.33 bits per heavy atom. The summed E-state index contributed by atoms with van der Waals surface area (Å²) in [6.45, 7) is 4.31. The first-order valence-electron chi connectivity index (χ1n) is 11.8. The zero-order valence-electron chi connectivity index (χ0n) is 19.3. The summed E-state index contributed by atoms with van der Waals surface area (Å²) in [5.74, 6) is -1.22. The fourth-order valence-electron chi connectivity index (χ4n) is 3.47. The normalized spacial score (nSPS) is 15.3. The first-order chi connectivity index (χ1) is 14.3. The molecule has 0 bridgehead atoms. The molecule has 0 aliphatic carbocycles. The van der Waals surface area contributed by atoms with Gasteiger partial charge in [0.15, 0.2) is 6.10 Å². The molecule has 0 aromatic rings. The smallest absolute Gasteiger partial charge is 0.303 e. The lowest BCUT2D eigenvalue weighted by Crippen LogP contribution is -2.53. The van der Waals surface area contributed by atoms with E-state index in [2.05, 4.69) is 12.2 Å². The number of unbranched alkanes of at least 4 members (excludes halogenated alkanes) is 11. The summed E-state index contributed by atoms with van der Waals surface area (Å²) in [4.78, 5) is 22.9. The van der Waals surface area contributed by atoms with E-state index in [0.717, 1.165) is 19.3 Å². The molecule has 4 atom stereocenters. The van der Waals surface area contributed by atoms with Gasteiger partial charge in [0.25, 0.3) is 5.91 Å². The highest BCUT2D eigenvalue weighted by Gasteiger charge is 2.29. The van der Waals surface area contributed by atoms with Crippen molar-refractivity contribution in [1.29, 1.82) is 0 Å². The number of ether oxygens (including phenoxy) is 1. The third-order valence-electron chi connectivity index (χ3n) is 5.40. The minimum atomic E-state index is -1.28. The van der Waals surface area contributed by atoms with Crippen LogP contribution in [-0.4, -0.2) is 58.2 Å². The number of amides is 1. The van der Waals surface area contributed by atoms with Crippen molar-refractivity contribution in [2.45, 2.75) is 129 Å². The van der Waals surface area contributed by atoms with Crippen molar-refractivity contribution < 1.29 is 29.6 Å². The lowest BCUT2D eigenvalue weighted by molar-refractivity contribution is -0.153. The minimum Gasteiger partial charge on any atom is -0.453 e. The molecule has 0 aromatic heterocycles. The van der Waals surface area contributed by atoms with Gasteiger partial charge in [-0.25, -0.2) is 0 Å². The monoisotopic (exact) mass is 431 g/mol. The first-order valence-corrected chi connectivity index (χ1v) is 11.8. The summed E-state index contributed by atoms with van der Waals surface area (Å²) >= 11 is 0. The van der Waals surface area contributed by atoms with Gasteiger partial charge in [-0.15, -0.1) is 0 Å². The summed E-state index contributed by atoms with van der Waals surface area (Å²) in [5.41, 5.74) is 0. The lowest BCUT2D eigenvalue weighted by atomic mass is 9.99. The molecule has 1 amide bonds. The van der Waals surface area contributed by atoms with Gasteiger partial charge in [-0.1, -0.05) is 84.0 Å². The Kier molecular flexibility index (Phi) is 17.8. The van der Waals surface area contributed by atoms with Gasteiger partial charge in [0, 0.05) is 6.92 Å². The van der Waals surface area contributed by atoms with E-state index >= 15 is 0 Å². The zero-order valence-corrected chi connectivity index (χ0v) is 19.3. The Morgan fingerprint density at radius 1 is 0.867 bits per heavy atom. The molecular formula is C23H45NO6. The van der Waals surface area contributed by atoms with Gasteiger partial charge in [0.1, 0.15) is 6.10 Å². The third kappa shape index (κ3) is 14.7. The number of rotatable bonds is 19. The lowest BCUT2D eigenvalue weighted by Gasteiger charge is -2.27. The van der Waals surface area contributed by atoms with Crippen LogP contribution in [0.2, 0.25) is 0 Å². The summed E-state index contributed by atoms with van der Waals surface area (Å²) in [5, 5.41) is 32.3. The largest absolute Gasteiger partial charge is 0.453 e. The Morgan fingerprint density at radius 3 is 1.77 bits per heavy atom. The number of hydrogen-bond acceptors (Lipinski definition) is 6. The average Bonchev–Trinajstić information content (AvgIpc) is 2.71. The summed E-state index contributed by atoms with van der Waals surface area (Å²) < 4.78 is 4.77. The summed E-state index contributed by atoms with van der Waals surface area (Å²) in [6.07, 6.45) is 11.7. The predicted molar refractivity (Wildman–Crippen MR) is 118 cm³/mol. The van der Waals surface area contributed by atoms with Crippen molar-refractivity contribution >= 4 is 11.9 Å². The van der Waals surface area contributed by atoms with E-state index in [9.17, 15) is 24.9 Å². The van der Waals surface area contributed by atoms with E-state index in [1.54, 1.807) is 0 Å². The van der Waals surface area contributed by atoms with E-state index in [4.69, 9.17) is 4.74 Å². The topological polar surface area (TPSA) is 116 Å². The van der Waals surface area contributed by atoms with Gasteiger partial charge in [0.2, 0.25) is 0 Å². The maximum absolute atomic E-state index is 12.0. The maximum Gasteiger partial charge on any atom is 0.303 e. The van der Waals surface area contributed by atoms with E-state index in [1.807, 2.05) is 0 Å². The van der Waals surface area contributed by atoms with Crippen molar-refractivity contribution in [3.8, 4) is 0 Å². The van der Waals surface area contributed by atoms with Crippen LogP contribution in [0.4, 0.5) is 0 Å². The minimum absolute atomic E-state index is 0.407. The van der Waals surface area contributed by atoms with Gasteiger partial charge in [-0.3, -0.25) is 9.59 Å². The Hall–Kier alpha value is -1.18. The molecule has 0 radical (unpaired) electrons. The Bertz CT molecular complexity index is 445. The fourth-order valence-corrected chi connectivity index (χ4v) is 3.47. The molecule has 178 valence electrons. The molecule has 0 spiro atoms. The van der Waals surface area contributed by atoms with Crippen molar-refractivity contribution in [2.75, 3.05) is 6.61 Å². The summed E-state index contributed by atoms with van der Waals surface area (Å²) in [6, 6.07) is -1.01. The molecule has 0 unspecified atom stereocenters. The van der Waals surface area contributed by atoms with Crippen LogP contribution in [0.5, 0.6) is 0 Å². The van der Waals surface area contributed by atoms with Crippen molar-refractivity contribution in [2.24, 2.45) is 0 Å². The van der Waals surface area contributed by atoms with Crippen molar-refractivity contribution in [3.05, 3.63) is 0 Å². The molecule has 0 saturated heterocycles. The number of esters is 1. The quantitative estimate of drug-likeness (QED) is 0.184. The van der Waals surface area contributed by atoms with Crippen LogP contribution < -0.4 is 5.32 Å². The first kappa shape index (κ1) is 28.8. The molecule has 7 heteroatoms. The van der Waals surface area contributed by atoms with Crippen LogP contribution in [0.1, 0.15) is 104 Å². The molecule has 0 aromatic carbocycles. The van der Waals surface area contributed by atoms with Crippen LogP contribution >= 0.6 is 0 Å².